The van der Waals surface area contributed by atoms with Crippen molar-refractivity contribution in [3.63, 3.8) is 0 Å². The molecule has 2 heterocycles. The predicted molar refractivity (Wildman–Crippen MR) is 136 cm³/mol. The standard InChI is InChI=1S/C23H34N6O.HI/c1-16(12-21-17(2)27-28(5)18(21)3)26-23(24-4)25-14-19-8-6-9-20(13-19)15-29-11-7-10-22(29)30;/h6,8-9,13,16H,7,10-12,14-15H2,1-5H3,(H2,24,25,26);1H. The molecule has 0 radical (unpaired) electrons. The van der Waals surface area contributed by atoms with E-state index in [9.17, 15) is 4.79 Å². The Hall–Kier alpha value is -2.10. The maximum Gasteiger partial charge on any atom is 0.222 e. The van der Waals surface area contributed by atoms with Crippen LogP contribution in [0.15, 0.2) is 29.3 Å². The smallest absolute Gasteiger partial charge is 0.222 e. The highest BCUT2D eigenvalue weighted by molar-refractivity contribution is 14.0. The van der Waals surface area contributed by atoms with Crippen LogP contribution in [-0.2, 0) is 31.4 Å². The van der Waals surface area contributed by atoms with Crippen LogP contribution in [0, 0.1) is 13.8 Å². The summed E-state index contributed by atoms with van der Waals surface area (Å²) in [5.74, 6) is 1.04. The lowest BCUT2D eigenvalue weighted by Crippen LogP contribution is -2.42. The Balaban J connectivity index is 0.00000341. The quantitative estimate of drug-likeness (QED) is 0.323. The second kappa shape index (κ2) is 11.5. The third-order valence-corrected chi connectivity index (χ3v) is 5.77. The third kappa shape index (κ3) is 6.69. The number of carbonyl (C=O) groups is 1. The molecule has 1 aromatic heterocycles. The number of amides is 1. The minimum absolute atomic E-state index is 0. The molecule has 7 nitrogen and oxygen atoms in total. The van der Waals surface area contributed by atoms with Gasteiger partial charge >= 0.3 is 0 Å². The van der Waals surface area contributed by atoms with Crippen molar-refractivity contribution in [2.24, 2.45) is 12.0 Å². The SMILES string of the molecule is CN=C(NCc1cccc(CN2CCCC2=O)c1)NC(C)Cc1c(C)nn(C)c1C.I. The van der Waals surface area contributed by atoms with Crippen LogP contribution in [0.4, 0.5) is 0 Å². The van der Waals surface area contributed by atoms with Gasteiger partial charge in [0, 0.05) is 51.9 Å². The summed E-state index contributed by atoms with van der Waals surface area (Å²) in [5, 5.41) is 11.4. The molecule has 31 heavy (non-hydrogen) atoms. The molecule has 1 aliphatic rings. The number of rotatable bonds is 7. The van der Waals surface area contributed by atoms with Crippen LogP contribution in [0.25, 0.3) is 0 Å². The van der Waals surface area contributed by atoms with Crippen LogP contribution in [0.2, 0.25) is 0 Å². The summed E-state index contributed by atoms with van der Waals surface area (Å²) in [7, 11) is 3.77. The minimum Gasteiger partial charge on any atom is -0.354 e. The number of aromatic nitrogens is 2. The van der Waals surface area contributed by atoms with Gasteiger partial charge in [0.15, 0.2) is 5.96 Å². The van der Waals surface area contributed by atoms with Gasteiger partial charge in [0.1, 0.15) is 0 Å². The normalized spacial score (nSPS) is 15.1. The van der Waals surface area contributed by atoms with Gasteiger partial charge in [-0.2, -0.15) is 5.10 Å². The number of hydrogen-bond acceptors (Lipinski definition) is 3. The number of hydrogen-bond donors (Lipinski definition) is 2. The van der Waals surface area contributed by atoms with Crippen LogP contribution in [0.3, 0.4) is 0 Å². The Morgan fingerprint density at radius 2 is 2.03 bits per heavy atom. The maximum absolute atomic E-state index is 11.9. The molecule has 3 rings (SSSR count). The summed E-state index contributed by atoms with van der Waals surface area (Å²) < 4.78 is 1.94. The lowest BCUT2D eigenvalue weighted by Gasteiger charge is -2.19. The number of carbonyl (C=O) groups excluding carboxylic acids is 1. The first kappa shape index (κ1) is 25.2. The molecule has 1 aliphatic heterocycles. The van der Waals surface area contributed by atoms with Crippen LogP contribution < -0.4 is 10.6 Å². The van der Waals surface area contributed by atoms with Gasteiger partial charge in [-0.25, -0.2) is 0 Å². The summed E-state index contributed by atoms with van der Waals surface area (Å²) in [5.41, 5.74) is 5.92. The molecule has 1 aromatic carbocycles. The van der Waals surface area contributed by atoms with Gasteiger partial charge in [-0.1, -0.05) is 24.3 Å². The van der Waals surface area contributed by atoms with E-state index in [2.05, 4.69) is 65.8 Å². The first-order chi connectivity index (χ1) is 14.4. The molecule has 1 amide bonds. The van der Waals surface area contributed by atoms with Crippen LogP contribution in [-0.4, -0.2) is 46.2 Å². The molecule has 1 atom stereocenters. The number of nitrogens with one attached hydrogen (secondary N) is 2. The molecule has 0 bridgehead atoms. The zero-order valence-corrected chi connectivity index (χ0v) is 21.6. The van der Waals surface area contributed by atoms with Crippen molar-refractivity contribution in [1.29, 1.82) is 0 Å². The Kier molecular flexibility index (Phi) is 9.33. The van der Waals surface area contributed by atoms with E-state index in [4.69, 9.17) is 0 Å². The summed E-state index contributed by atoms with van der Waals surface area (Å²) in [6.45, 7) is 8.57. The van der Waals surface area contributed by atoms with Crippen molar-refractivity contribution in [2.45, 2.75) is 59.2 Å². The largest absolute Gasteiger partial charge is 0.354 e. The highest BCUT2D eigenvalue weighted by atomic mass is 127. The predicted octanol–water partition coefficient (Wildman–Crippen LogP) is 3.07. The van der Waals surface area contributed by atoms with Gasteiger partial charge < -0.3 is 15.5 Å². The Morgan fingerprint density at radius 3 is 2.65 bits per heavy atom. The number of nitrogens with zero attached hydrogens (tertiary/aromatic N) is 4. The average Bonchev–Trinajstić information content (AvgIpc) is 3.22. The van der Waals surface area contributed by atoms with Gasteiger partial charge in [-0.3, -0.25) is 14.5 Å². The first-order valence-corrected chi connectivity index (χ1v) is 10.7. The Labute approximate surface area is 202 Å². The molecule has 1 saturated heterocycles. The van der Waals surface area contributed by atoms with E-state index in [-0.39, 0.29) is 35.9 Å². The number of halogens is 1. The molecule has 1 fully saturated rings. The summed E-state index contributed by atoms with van der Waals surface area (Å²) in [4.78, 5) is 18.2. The second-order valence-electron chi connectivity index (χ2n) is 8.19. The van der Waals surface area contributed by atoms with Crippen molar-refractivity contribution < 1.29 is 4.79 Å². The van der Waals surface area contributed by atoms with Gasteiger partial charge in [-0.05, 0) is 50.3 Å². The molecule has 1 unspecified atom stereocenters. The number of benzene rings is 1. The van der Waals surface area contributed by atoms with Crippen LogP contribution in [0.5, 0.6) is 0 Å². The molecule has 2 aromatic rings. The van der Waals surface area contributed by atoms with E-state index in [0.717, 1.165) is 31.0 Å². The molecule has 8 heteroatoms. The van der Waals surface area contributed by atoms with E-state index in [1.807, 2.05) is 16.6 Å². The highest BCUT2D eigenvalue weighted by Gasteiger charge is 2.20. The van der Waals surface area contributed by atoms with Gasteiger partial charge in [0.2, 0.25) is 5.91 Å². The monoisotopic (exact) mass is 538 g/mol. The number of aliphatic imine (C=N–C) groups is 1. The number of aryl methyl sites for hydroxylation is 2. The molecule has 170 valence electrons. The average molecular weight is 538 g/mol. The van der Waals surface area contributed by atoms with Crippen LogP contribution in [0.1, 0.15) is 47.8 Å². The summed E-state index contributed by atoms with van der Waals surface area (Å²) >= 11 is 0. The third-order valence-electron chi connectivity index (χ3n) is 5.77. The molecular formula is C23H35IN6O. The van der Waals surface area contributed by atoms with Gasteiger partial charge in [-0.15, -0.1) is 24.0 Å². The second-order valence-corrected chi connectivity index (χ2v) is 8.19. The topological polar surface area (TPSA) is 74.6 Å². The first-order valence-electron chi connectivity index (χ1n) is 10.7. The van der Waals surface area contributed by atoms with Crippen molar-refractivity contribution in [3.8, 4) is 0 Å². The van der Waals surface area contributed by atoms with Crippen molar-refractivity contribution in [3.05, 3.63) is 52.3 Å². The fraction of sp³-hybridized carbons (Fsp3) is 0.522. The summed E-state index contributed by atoms with van der Waals surface area (Å²) in [6, 6.07) is 8.63. The molecule has 0 aliphatic carbocycles. The minimum atomic E-state index is 0. The Bertz CT molecular complexity index is 923. The summed E-state index contributed by atoms with van der Waals surface area (Å²) in [6.07, 6.45) is 2.55. The van der Waals surface area contributed by atoms with E-state index in [1.165, 1.54) is 22.4 Å². The fourth-order valence-corrected chi connectivity index (χ4v) is 4.01. The van der Waals surface area contributed by atoms with Crippen molar-refractivity contribution in [1.82, 2.24) is 25.3 Å². The van der Waals surface area contributed by atoms with E-state index in [1.54, 1.807) is 7.05 Å². The molecule has 2 N–H and O–H groups in total. The van der Waals surface area contributed by atoms with E-state index < -0.39 is 0 Å². The van der Waals surface area contributed by atoms with E-state index in [0.29, 0.717) is 19.5 Å². The zero-order chi connectivity index (χ0) is 21.7. The lowest BCUT2D eigenvalue weighted by atomic mass is 10.1. The van der Waals surface area contributed by atoms with Gasteiger partial charge in [0.05, 0.1) is 5.69 Å². The number of likely N-dealkylation sites (tertiary alicyclic amines) is 1. The van der Waals surface area contributed by atoms with E-state index >= 15 is 0 Å². The van der Waals surface area contributed by atoms with Gasteiger partial charge in [0.25, 0.3) is 0 Å². The van der Waals surface area contributed by atoms with Crippen molar-refractivity contribution in [2.75, 3.05) is 13.6 Å². The number of guanidine groups is 1. The Morgan fingerprint density at radius 1 is 1.29 bits per heavy atom. The van der Waals surface area contributed by atoms with Crippen molar-refractivity contribution >= 4 is 35.8 Å². The lowest BCUT2D eigenvalue weighted by molar-refractivity contribution is -0.128. The highest BCUT2D eigenvalue weighted by Crippen LogP contribution is 2.16. The fourth-order valence-electron chi connectivity index (χ4n) is 4.01. The van der Waals surface area contributed by atoms with Crippen LogP contribution >= 0.6 is 24.0 Å². The maximum atomic E-state index is 11.9. The molecule has 0 spiro atoms. The zero-order valence-electron chi connectivity index (χ0n) is 19.2. The molecular weight excluding hydrogens is 503 g/mol. The molecule has 0 saturated carbocycles.